The van der Waals surface area contributed by atoms with Gasteiger partial charge < -0.3 is 9.38 Å². The SMILES string of the molecule is CC(c1ccccc1)N(C)C.C[N+](C)(C)Cc1ccccc1. The van der Waals surface area contributed by atoms with E-state index < -0.39 is 0 Å². The fraction of sp³-hybridized carbons (Fsp3) is 0.400. The average Bonchev–Trinajstić information content (AvgIpc) is 2.47. The van der Waals surface area contributed by atoms with Gasteiger partial charge in [0.1, 0.15) is 6.54 Å². The minimum atomic E-state index is 0.510. The van der Waals surface area contributed by atoms with Gasteiger partial charge in [-0.15, -0.1) is 0 Å². The highest BCUT2D eigenvalue weighted by Crippen LogP contribution is 2.15. The van der Waals surface area contributed by atoms with E-state index in [4.69, 9.17) is 0 Å². The van der Waals surface area contributed by atoms with Crippen LogP contribution in [0, 0.1) is 0 Å². The minimum absolute atomic E-state index is 0.510. The molecule has 0 spiro atoms. The van der Waals surface area contributed by atoms with E-state index >= 15 is 0 Å². The van der Waals surface area contributed by atoms with Gasteiger partial charge >= 0.3 is 0 Å². The summed E-state index contributed by atoms with van der Waals surface area (Å²) in [6, 6.07) is 21.6. The lowest BCUT2D eigenvalue weighted by molar-refractivity contribution is -0.884. The van der Waals surface area contributed by atoms with Crippen LogP contribution in [0.5, 0.6) is 0 Å². The molecule has 1 unspecified atom stereocenters. The fourth-order valence-electron chi connectivity index (χ4n) is 2.16. The molecule has 0 aliphatic carbocycles. The van der Waals surface area contributed by atoms with Gasteiger partial charge in [0.25, 0.3) is 0 Å². The molecule has 2 heteroatoms. The zero-order chi connectivity index (χ0) is 16.6. The topological polar surface area (TPSA) is 3.24 Å². The molecule has 1 atom stereocenters. The molecule has 0 saturated carbocycles. The quantitative estimate of drug-likeness (QED) is 0.765. The van der Waals surface area contributed by atoms with Crippen LogP contribution >= 0.6 is 0 Å². The molecule has 0 heterocycles. The standard InChI is InChI=1S/C10H16N.C10H15N/c1-11(2,3)9-10-7-5-4-6-8-10;1-9(11(2)3)10-7-5-4-6-8-10/h4-8H,9H2,1-3H3;4-9H,1-3H3/q+1;. The van der Waals surface area contributed by atoms with E-state index in [-0.39, 0.29) is 0 Å². The third kappa shape index (κ3) is 7.39. The molecule has 22 heavy (non-hydrogen) atoms. The van der Waals surface area contributed by atoms with Crippen molar-refractivity contribution in [2.75, 3.05) is 35.2 Å². The molecule has 0 aliphatic rings. The van der Waals surface area contributed by atoms with Crippen molar-refractivity contribution >= 4 is 0 Å². The Morgan fingerprint density at radius 2 is 1.27 bits per heavy atom. The van der Waals surface area contributed by atoms with Crippen molar-refractivity contribution in [3.8, 4) is 0 Å². The van der Waals surface area contributed by atoms with Gasteiger partial charge in [-0.05, 0) is 26.6 Å². The number of nitrogens with zero attached hydrogens (tertiary/aromatic N) is 2. The van der Waals surface area contributed by atoms with E-state index in [9.17, 15) is 0 Å². The molecule has 0 amide bonds. The molecule has 120 valence electrons. The molecule has 2 rings (SSSR count). The number of hydrogen-bond donors (Lipinski definition) is 0. The first kappa shape index (κ1) is 18.4. The van der Waals surface area contributed by atoms with Crippen LogP contribution in [0.25, 0.3) is 0 Å². The normalized spacial score (nSPS) is 12.5. The Morgan fingerprint density at radius 3 is 1.68 bits per heavy atom. The number of benzene rings is 2. The molecule has 2 nitrogen and oxygen atoms in total. The van der Waals surface area contributed by atoms with E-state index in [0.29, 0.717) is 6.04 Å². The summed E-state index contributed by atoms with van der Waals surface area (Å²) < 4.78 is 0.990. The number of rotatable bonds is 4. The summed E-state index contributed by atoms with van der Waals surface area (Å²) in [6.07, 6.45) is 0. The zero-order valence-corrected chi connectivity index (χ0v) is 15.0. The smallest absolute Gasteiger partial charge is 0.104 e. The van der Waals surface area contributed by atoms with Gasteiger partial charge in [0.2, 0.25) is 0 Å². The Hall–Kier alpha value is -1.64. The maximum Gasteiger partial charge on any atom is 0.104 e. The summed E-state index contributed by atoms with van der Waals surface area (Å²) in [4.78, 5) is 2.20. The number of hydrogen-bond acceptors (Lipinski definition) is 1. The lowest BCUT2D eigenvalue weighted by atomic mass is 10.1. The van der Waals surface area contributed by atoms with Gasteiger partial charge in [0.15, 0.2) is 0 Å². The second-order valence-electron chi connectivity index (χ2n) is 6.98. The highest BCUT2D eigenvalue weighted by atomic mass is 15.3. The van der Waals surface area contributed by atoms with Gasteiger partial charge in [0.05, 0.1) is 21.1 Å². The highest BCUT2D eigenvalue weighted by Gasteiger charge is 2.06. The van der Waals surface area contributed by atoms with Crippen LogP contribution in [0.1, 0.15) is 24.1 Å². The first-order valence-corrected chi connectivity index (χ1v) is 7.85. The van der Waals surface area contributed by atoms with E-state index in [1.54, 1.807) is 0 Å². The first-order chi connectivity index (χ1) is 10.3. The fourth-order valence-corrected chi connectivity index (χ4v) is 2.16. The van der Waals surface area contributed by atoms with Gasteiger partial charge in [-0.25, -0.2) is 0 Å². The second-order valence-corrected chi connectivity index (χ2v) is 6.98. The monoisotopic (exact) mass is 299 g/mol. The summed E-state index contributed by atoms with van der Waals surface area (Å²) >= 11 is 0. The zero-order valence-electron chi connectivity index (χ0n) is 15.0. The molecular formula is C20H31N2+. The van der Waals surface area contributed by atoms with Crippen molar-refractivity contribution in [1.82, 2.24) is 4.90 Å². The second kappa shape index (κ2) is 8.72. The molecule has 2 aromatic rings. The summed E-state index contributed by atoms with van der Waals surface area (Å²) in [6.45, 7) is 3.30. The summed E-state index contributed by atoms with van der Waals surface area (Å²) in [5, 5.41) is 0. The van der Waals surface area contributed by atoms with E-state index in [2.05, 4.69) is 102 Å². The van der Waals surface area contributed by atoms with Crippen LogP contribution in [0.2, 0.25) is 0 Å². The lowest BCUT2D eigenvalue weighted by Gasteiger charge is -2.23. The van der Waals surface area contributed by atoms with Crippen LogP contribution in [0.4, 0.5) is 0 Å². The van der Waals surface area contributed by atoms with Gasteiger partial charge in [-0.2, -0.15) is 0 Å². The minimum Gasteiger partial charge on any atom is -0.327 e. The molecule has 0 aromatic heterocycles. The van der Waals surface area contributed by atoms with Crippen LogP contribution in [-0.4, -0.2) is 44.6 Å². The van der Waals surface area contributed by atoms with Gasteiger partial charge in [-0.3, -0.25) is 0 Å². The van der Waals surface area contributed by atoms with Gasteiger partial charge in [0, 0.05) is 11.6 Å². The summed E-state index contributed by atoms with van der Waals surface area (Å²) in [5.41, 5.74) is 2.78. The highest BCUT2D eigenvalue weighted by molar-refractivity contribution is 5.17. The molecular weight excluding hydrogens is 268 g/mol. The van der Waals surface area contributed by atoms with E-state index in [0.717, 1.165) is 11.0 Å². The third-order valence-electron chi connectivity index (χ3n) is 3.56. The molecule has 2 aromatic carbocycles. The Kier molecular flexibility index (Phi) is 7.30. The van der Waals surface area contributed by atoms with Crippen molar-refractivity contribution in [1.29, 1.82) is 0 Å². The van der Waals surface area contributed by atoms with Crippen LogP contribution in [0.15, 0.2) is 60.7 Å². The first-order valence-electron chi connectivity index (χ1n) is 7.85. The third-order valence-corrected chi connectivity index (χ3v) is 3.56. The van der Waals surface area contributed by atoms with Crippen molar-refractivity contribution in [2.24, 2.45) is 0 Å². The van der Waals surface area contributed by atoms with Crippen molar-refractivity contribution in [3.05, 3.63) is 71.8 Å². The van der Waals surface area contributed by atoms with E-state index in [1.165, 1.54) is 11.1 Å². The molecule has 0 N–H and O–H groups in total. The Morgan fingerprint density at radius 1 is 0.818 bits per heavy atom. The van der Waals surface area contributed by atoms with Gasteiger partial charge in [-0.1, -0.05) is 60.7 Å². The largest absolute Gasteiger partial charge is 0.327 e. The molecule has 0 fully saturated rings. The average molecular weight is 299 g/mol. The summed E-state index contributed by atoms with van der Waals surface area (Å²) in [5.74, 6) is 0. The Labute approximate surface area is 136 Å². The maximum absolute atomic E-state index is 2.20. The number of quaternary nitrogens is 1. The Balaban J connectivity index is 0.000000220. The molecule has 0 radical (unpaired) electrons. The molecule has 0 aliphatic heterocycles. The lowest BCUT2D eigenvalue weighted by Crippen LogP contribution is -2.33. The predicted octanol–water partition coefficient (Wildman–Crippen LogP) is 4.20. The van der Waals surface area contributed by atoms with Crippen molar-refractivity contribution < 1.29 is 4.48 Å². The summed E-state index contributed by atoms with van der Waals surface area (Å²) in [7, 11) is 10.8. The van der Waals surface area contributed by atoms with Crippen molar-refractivity contribution in [2.45, 2.75) is 19.5 Å². The maximum atomic E-state index is 2.20. The van der Waals surface area contributed by atoms with Crippen molar-refractivity contribution in [3.63, 3.8) is 0 Å². The molecule has 0 saturated heterocycles. The molecule has 0 bridgehead atoms. The Bertz CT molecular complexity index is 512. The van der Waals surface area contributed by atoms with Crippen LogP contribution < -0.4 is 0 Å². The van der Waals surface area contributed by atoms with Crippen LogP contribution in [-0.2, 0) is 6.54 Å². The van der Waals surface area contributed by atoms with E-state index in [1.807, 2.05) is 6.07 Å². The van der Waals surface area contributed by atoms with Crippen LogP contribution in [0.3, 0.4) is 0 Å². The predicted molar refractivity (Wildman–Crippen MR) is 96.7 cm³/mol.